The highest BCUT2D eigenvalue weighted by molar-refractivity contribution is 5.95. The minimum absolute atomic E-state index is 0.127. The van der Waals surface area contributed by atoms with E-state index >= 15 is 0 Å². The number of fused-ring (bicyclic) bond motifs is 1. The fraction of sp³-hybridized carbons (Fsp3) is 0.375. The second kappa shape index (κ2) is 7.61. The monoisotopic (exact) mass is 302 g/mol. The molecule has 0 amide bonds. The Morgan fingerprint density at radius 3 is 2.91 bits per heavy atom. The lowest BCUT2D eigenvalue weighted by atomic mass is 10.1. The Morgan fingerprint density at radius 2 is 2.23 bits per heavy atom. The highest BCUT2D eigenvalue weighted by atomic mass is 16.5. The van der Waals surface area contributed by atoms with Crippen molar-refractivity contribution in [1.82, 2.24) is 9.97 Å². The molecule has 6 heteroatoms. The van der Waals surface area contributed by atoms with Gasteiger partial charge in [-0.25, -0.2) is 4.98 Å². The van der Waals surface area contributed by atoms with E-state index < -0.39 is 0 Å². The first-order chi connectivity index (χ1) is 10.7. The molecule has 2 aromatic rings. The van der Waals surface area contributed by atoms with Crippen LogP contribution >= 0.6 is 0 Å². The van der Waals surface area contributed by atoms with Crippen molar-refractivity contribution in [3.05, 3.63) is 30.5 Å². The predicted molar refractivity (Wildman–Crippen MR) is 88.7 cm³/mol. The lowest BCUT2D eigenvalue weighted by Crippen LogP contribution is -2.04. The molecule has 0 spiro atoms. The van der Waals surface area contributed by atoms with Crippen molar-refractivity contribution in [3.63, 3.8) is 0 Å². The summed E-state index contributed by atoms with van der Waals surface area (Å²) in [5.74, 6) is 1.60. The number of nitrogens with two attached hydrogens (primary N) is 1. The summed E-state index contributed by atoms with van der Waals surface area (Å²) in [5.41, 5.74) is 6.47. The molecule has 0 fully saturated rings. The third-order valence-electron chi connectivity index (χ3n) is 3.40. The van der Waals surface area contributed by atoms with Gasteiger partial charge in [-0.15, -0.1) is 0 Å². The molecule has 0 saturated carbocycles. The summed E-state index contributed by atoms with van der Waals surface area (Å²) in [5, 5.41) is 13.2. The van der Waals surface area contributed by atoms with E-state index in [4.69, 9.17) is 10.5 Å². The van der Waals surface area contributed by atoms with E-state index in [2.05, 4.69) is 22.2 Å². The normalized spacial score (nSPS) is 12.7. The fourth-order valence-electron chi connectivity index (χ4n) is 2.33. The molecule has 0 aliphatic carbocycles. The van der Waals surface area contributed by atoms with E-state index in [1.807, 2.05) is 24.3 Å². The van der Waals surface area contributed by atoms with Crippen LogP contribution in [0.4, 0.5) is 11.8 Å². The Hall–Kier alpha value is -2.34. The first-order valence-electron chi connectivity index (χ1n) is 7.33. The number of ether oxygens (including phenoxy) is 1. The van der Waals surface area contributed by atoms with Gasteiger partial charge in [-0.3, -0.25) is 0 Å². The number of aromatic nitrogens is 2. The van der Waals surface area contributed by atoms with Gasteiger partial charge in [0, 0.05) is 12.5 Å². The first kappa shape index (κ1) is 16.0. The van der Waals surface area contributed by atoms with Crippen LogP contribution in [0.3, 0.4) is 0 Å². The molecule has 0 saturated heterocycles. The van der Waals surface area contributed by atoms with Crippen LogP contribution in [0, 0.1) is 5.92 Å². The molecule has 1 aromatic heterocycles. The van der Waals surface area contributed by atoms with Gasteiger partial charge in [-0.05, 0) is 24.8 Å². The van der Waals surface area contributed by atoms with Gasteiger partial charge in [-0.2, -0.15) is 4.98 Å². The van der Waals surface area contributed by atoms with Gasteiger partial charge in [-0.1, -0.05) is 25.5 Å². The number of hydrogen-bond acceptors (Lipinski definition) is 6. The van der Waals surface area contributed by atoms with Crippen molar-refractivity contribution in [2.45, 2.75) is 19.8 Å². The molecule has 0 bridgehead atoms. The molecule has 0 unspecified atom stereocenters. The van der Waals surface area contributed by atoms with E-state index in [9.17, 15) is 5.11 Å². The third kappa shape index (κ3) is 3.65. The Bertz CT molecular complexity index is 658. The summed E-state index contributed by atoms with van der Waals surface area (Å²) < 4.78 is 5.37. The van der Waals surface area contributed by atoms with Crippen molar-refractivity contribution >= 4 is 22.7 Å². The lowest BCUT2D eigenvalue weighted by molar-refractivity contribution is 0.245. The zero-order chi connectivity index (χ0) is 15.9. The van der Waals surface area contributed by atoms with Crippen molar-refractivity contribution in [2.75, 3.05) is 24.8 Å². The minimum atomic E-state index is 0.127. The van der Waals surface area contributed by atoms with Gasteiger partial charge in [0.1, 0.15) is 11.6 Å². The number of anilines is 2. The molecule has 6 nitrogen and oxygen atoms in total. The predicted octanol–water partition coefficient (Wildman–Crippen LogP) is 2.55. The summed E-state index contributed by atoms with van der Waals surface area (Å²) in [6, 6.07) is 5.57. The highest BCUT2D eigenvalue weighted by Gasteiger charge is 2.10. The summed E-state index contributed by atoms with van der Waals surface area (Å²) in [4.78, 5) is 8.46. The van der Waals surface area contributed by atoms with Crippen LogP contribution in [0.1, 0.15) is 19.8 Å². The average molecular weight is 302 g/mol. The maximum absolute atomic E-state index is 9.31. The quantitative estimate of drug-likeness (QED) is 0.728. The molecule has 2 rings (SSSR count). The highest BCUT2D eigenvalue weighted by Crippen LogP contribution is 2.30. The molecule has 0 aliphatic heterocycles. The van der Waals surface area contributed by atoms with Crippen molar-refractivity contribution in [3.8, 4) is 5.75 Å². The van der Waals surface area contributed by atoms with E-state index in [0.717, 1.165) is 23.7 Å². The summed E-state index contributed by atoms with van der Waals surface area (Å²) in [7, 11) is 1.60. The Morgan fingerprint density at radius 1 is 1.41 bits per heavy atom. The van der Waals surface area contributed by atoms with Crippen LogP contribution in [-0.2, 0) is 0 Å². The lowest BCUT2D eigenvalue weighted by Gasteiger charge is -2.11. The number of aliphatic hydroxyl groups excluding tert-OH is 1. The molecule has 0 aliphatic rings. The summed E-state index contributed by atoms with van der Waals surface area (Å²) in [6.45, 7) is 2.22. The number of rotatable bonds is 7. The van der Waals surface area contributed by atoms with Crippen LogP contribution in [0.2, 0.25) is 0 Å². The SMILES string of the molecule is CCC[C@H](/C=C/Nc1nc(N)nc2cccc(OC)c12)CO. The Balaban J connectivity index is 2.32. The fourth-order valence-corrected chi connectivity index (χ4v) is 2.33. The van der Waals surface area contributed by atoms with E-state index in [-0.39, 0.29) is 18.5 Å². The van der Waals surface area contributed by atoms with E-state index in [0.29, 0.717) is 11.6 Å². The molecular weight excluding hydrogens is 280 g/mol. The number of hydrogen-bond donors (Lipinski definition) is 3. The topological polar surface area (TPSA) is 93.3 Å². The number of nitrogen functional groups attached to an aromatic ring is 1. The number of methoxy groups -OCH3 is 1. The summed E-state index contributed by atoms with van der Waals surface area (Å²) in [6.07, 6.45) is 5.67. The van der Waals surface area contributed by atoms with Crippen LogP contribution in [0.15, 0.2) is 30.5 Å². The zero-order valence-corrected chi connectivity index (χ0v) is 12.9. The second-order valence-corrected chi connectivity index (χ2v) is 5.02. The van der Waals surface area contributed by atoms with Crippen LogP contribution < -0.4 is 15.8 Å². The van der Waals surface area contributed by atoms with Gasteiger partial charge in [0.2, 0.25) is 5.95 Å². The van der Waals surface area contributed by atoms with Crippen LogP contribution in [0.5, 0.6) is 5.75 Å². The Kier molecular flexibility index (Phi) is 5.55. The molecule has 1 atom stereocenters. The minimum Gasteiger partial charge on any atom is -0.496 e. The second-order valence-electron chi connectivity index (χ2n) is 5.02. The zero-order valence-electron chi connectivity index (χ0n) is 12.9. The average Bonchev–Trinajstić information content (AvgIpc) is 2.52. The molecule has 1 heterocycles. The first-order valence-corrected chi connectivity index (χ1v) is 7.33. The molecule has 0 radical (unpaired) electrons. The van der Waals surface area contributed by atoms with Gasteiger partial charge < -0.3 is 20.9 Å². The van der Waals surface area contributed by atoms with Crippen LogP contribution in [-0.4, -0.2) is 28.8 Å². The van der Waals surface area contributed by atoms with Crippen molar-refractivity contribution in [2.24, 2.45) is 5.92 Å². The maximum atomic E-state index is 9.31. The standard InChI is InChI=1S/C16H22N4O2/c1-3-5-11(10-21)8-9-18-15-14-12(19-16(17)20-15)6-4-7-13(14)22-2/h4,6-9,11,21H,3,5,10H2,1-2H3,(H3,17,18,19,20)/b9-8+/t11-/m1/s1. The molecule has 4 N–H and O–H groups in total. The molecule has 118 valence electrons. The van der Waals surface area contributed by atoms with E-state index in [1.165, 1.54) is 0 Å². The third-order valence-corrected chi connectivity index (χ3v) is 3.40. The molecule has 1 aromatic carbocycles. The largest absolute Gasteiger partial charge is 0.496 e. The van der Waals surface area contributed by atoms with Gasteiger partial charge >= 0.3 is 0 Å². The molecular formula is C16H22N4O2. The molecule has 22 heavy (non-hydrogen) atoms. The number of nitrogens with zero attached hydrogens (tertiary/aromatic N) is 2. The smallest absolute Gasteiger partial charge is 0.222 e. The number of benzene rings is 1. The van der Waals surface area contributed by atoms with Gasteiger partial charge in [0.25, 0.3) is 0 Å². The van der Waals surface area contributed by atoms with Crippen molar-refractivity contribution < 1.29 is 9.84 Å². The maximum Gasteiger partial charge on any atom is 0.222 e. The van der Waals surface area contributed by atoms with Gasteiger partial charge in [0.05, 0.1) is 18.0 Å². The van der Waals surface area contributed by atoms with Crippen molar-refractivity contribution in [1.29, 1.82) is 0 Å². The van der Waals surface area contributed by atoms with E-state index in [1.54, 1.807) is 13.3 Å². The number of aliphatic hydroxyl groups is 1. The van der Waals surface area contributed by atoms with Gasteiger partial charge in [0.15, 0.2) is 0 Å². The number of nitrogens with one attached hydrogen (secondary N) is 1. The Labute approximate surface area is 130 Å². The summed E-state index contributed by atoms with van der Waals surface area (Å²) >= 11 is 0. The van der Waals surface area contributed by atoms with Crippen LogP contribution in [0.25, 0.3) is 10.9 Å².